The quantitative estimate of drug-likeness (QED) is 0.365. The van der Waals surface area contributed by atoms with Crippen LogP contribution in [0.1, 0.15) is 24.4 Å². The maximum atomic E-state index is 6.03. The average Bonchev–Trinajstić information content (AvgIpc) is 2.76. The van der Waals surface area contributed by atoms with Crippen LogP contribution in [0.15, 0.2) is 35.3 Å². The molecule has 2 saturated heterocycles. The van der Waals surface area contributed by atoms with Crippen LogP contribution in [0.4, 0.5) is 0 Å². The molecule has 2 aliphatic rings. The van der Waals surface area contributed by atoms with Crippen LogP contribution in [0.3, 0.4) is 0 Å². The zero-order valence-corrected chi connectivity index (χ0v) is 17.9. The first-order valence-electron chi connectivity index (χ1n) is 11.0. The lowest BCUT2D eigenvalue weighted by Crippen LogP contribution is -2.47. The molecule has 2 aliphatic heterocycles. The van der Waals surface area contributed by atoms with Gasteiger partial charge in [0.15, 0.2) is 5.96 Å². The molecule has 0 saturated carbocycles. The van der Waals surface area contributed by atoms with E-state index in [0.717, 1.165) is 85.0 Å². The number of guanidine groups is 1. The predicted octanol–water partition coefficient (Wildman–Crippen LogP) is 0.992. The van der Waals surface area contributed by atoms with Gasteiger partial charge in [-0.05, 0) is 25.5 Å². The van der Waals surface area contributed by atoms with E-state index in [9.17, 15) is 0 Å². The van der Waals surface area contributed by atoms with Gasteiger partial charge in [-0.2, -0.15) is 0 Å². The second kappa shape index (κ2) is 12.1. The van der Waals surface area contributed by atoms with Gasteiger partial charge in [0.25, 0.3) is 0 Å². The van der Waals surface area contributed by atoms with Gasteiger partial charge in [-0.15, -0.1) is 0 Å². The van der Waals surface area contributed by atoms with Gasteiger partial charge in [-0.25, -0.2) is 0 Å². The van der Waals surface area contributed by atoms with Gasteiger partial charge in [0, 0.05) is 64.9 Å². The molecule has 0 aromatic heterocycles. The Balaban J connectivity index is 1.33. The first kappa shape index (κ1) is 22.0. The number of piperazine rings is 1. The summed E-state index contributed by atoms with van der Waals surface area (Å²) in [6.07, 6.45) is 2.11. The summed E-state index contributed by atoms with van der Waals surface area (Å²) in [5.41, 5.74) is 7.44. The first-order chi connectivity index (χ1) is 14.2. The Morgan fingerprint density at radius 2 is 1.90 bits per heavy atom. The molecule has 7 nitrogen and oxygen atoms in total. The summed E-state index contributed by atoms with van der Waals surface area (Å²) < 4.78 is 5.37. The molecule has 162 valence electrons. The van der Waals surface area contributed by atoms with Gasteiger partial charge in [-0.3, -0.25) is 14.8 Å². The number of hydrogen-bond acceptors (Lipinski definition) is 5. The summed E-state index contributed by atoms with van der Waals surface area (Å²) in [5.74, 6) is 0.574. The molecule has 3 N–H and O–H groups in total. The smallest absolute Gasteiger partial charge is 0.188 e. The summed E-state index contributed by atoms with van der Waals surface area (Å²) in [4.78, 5) is 11.9. The van der Waals surface area contributed by atoms with Crippen molar-refractivity contribution in [1.82, 2.24) is 20.0 Å². The molecule has 1 aromatic carbocycles. The number of hydrogen-bond donors (Lipinski definition) is 2. The van der Waals surface area contributed by atoms with E-state index in [1.807, 2.05) is 0 Å². The van der Waals surface area contributed by atoms with E-state index in [1.54, 1.807) is 0 Å². The molecule has 1 atom stereocenters. The van der Waals surface area contributed by atoms with Crippen LogP contribution in [0.2, 0.25) is 0 Å². The number of morpholine rings is 1. The standard InChI is InChI=1S/C22H38N6O/c1-26-13-14-28(21(19-26)20-7-3-2-4-8-20)12-6-10-25-22(23)24-9-5-11-27-15-17-29-18-16-27/h2-4,7-8,21H,5-6,9-19H2,1H3,(H3,23,24,25). The third kappa shape index (κ3) is 7.59. The number of benzene rings is 1. The predicted molar refractivity (Wildman–Crippen MR) is 119 cm³/mol. The van der Waals surface area contributed by atoms with Crippen LogP contribution in [0.25, 0.3) is 0 Å². The number of ether oxygens (including phenoxy) is 1. The third-order valence-electron chi connectivity index (χ3n) is 5.83. The normalized spacial score (nSPS) is 22.7. The lowest BCUT2D eigenvalue weighted by molar-refractivity contribution is 0.0377. The number of likely N-dealkylation sites (N-methyl/N-ethyl adjacent to an activating group) is 1. The van der Waals surface area contributed by atoms with Crippen LogP contribution in [-0.4, -0.2) is 99.8 Å². The first-order valence-corrected chi connectivity index (χ1v) is 11.0. The molecule has 0 radical (unpaired) electrons. The minimum atomic E-state index is 0.473. The zero-order chi connectivity index (χ0) is 20.3. The highest BCUT2D eigenvalue weighted by atomic mass is 16.5. The SMILES string of the molecule is CN1CCN(CCCNC(N)=NCCCN2CCOCC2)C(c2ccccc2)C1. The molecule has 0 amide bonds. The Bertz CT molecular complexity index is 605. The average molecular weight is 403 g/mol. The van der Waals surface area contributed by atoms with Gasteiger partial charge >= 0.3 is 0 Å². The summed E-state index contributed by atoms with van der Waals surface area (Å²) in [5, 5.41) is 3.28. The summed E-state index contributed by atoms with van der Waals surface area (Å²) >= 11 is 0. The molecule has 1 aromatic rings. The molecular formula is C22H38N6O. The molecule has 1 unspecified atom stereocenters. The zero-order valence-electron chi connectivity index (χ0n) is 17.9. The molecule has 3 rings (SSSR count). The van der Waals surface area contributed by atoms with Crippen molar-refractivity contribution in [3.05, 3.63) is 35.9 Å². The third-order valence-corrected chi connectivity index (χ3v) is 5.83. The van der Waals surface area contributed by atoms with Crippen LogP contribution in [0.5, 0.6) is 0 Å². The fraction of sp³-hybridized carbons (Fsp3) is 0.682. The van der Waals surface area contributed by atoms with Crippen molar-refractivity contribution in [2.45, 2.75) is 18.9 Å². The molecule has 29 heavy (non-hydrogen) atoms. The lowest BCUT2D eigenvalue weighted by Gasteiger charge is -2.40. The number of rotatable bonds is 9. The van der Waals surface area contributed by atoms with E-state index in [0.29, 0.717) is 12.0 Å². The fourth-order valence-corrected chi connectivity index (χ4v) is 4.09. The number of nitrogens with two attached hydrogens (primary N) is 1. The second-order valence-electron chi connectivity index (χ2n) is 8.08. The van der Waals surface area contributed by atoms with Crippen molar-refractivity contribution < 1.29 is 4.74 Å². The molecule has 2 heterocycles. The lowest BCUT2D eigenvalue weighted by atomic mass is 10.0. The molecular weight excluding hydrogens is 364 g/mol. The Kier molecular flexibility index (Phi) is 9.21. The van der Waals surface area contributed by atoms with E-state index in [1.165, 1.54) is 5.56 Å². The minimum absolute atomic E-state index is 0.473. The van der Waals surface area contributed by atoms with E-state index in [-0.39, 0.29) is 0 Å². The molecule has 0 bridgehead atoms. The largest absolute Gasteiger partial charge is 0.379 e. The minimum Gasteiger partial charge on any atom is -0.379 e. The van der Waals surface area contributed by atoms with Crippen LogP contribution in [0, 0.1) is 0 Å². The number of nitrogens with zero attached hydrogens (tertiary/aromatic N) is 4. The highest BCUT2D eigenvalue weighted by molar-refractivity contribution is 5.77. The van der Waals surface area contributed by atoms with Crippen LogP contribution >= 0.6 is 0 Å². The highest BCUT2D eigenvalue weighted by Crippen LogP contribution is 2.24. The summed E-state index contributed by atoms with van der Waals surface area (Å²) in [6.45, 7) is 10.9. The van der Waals surface area contributed by atoms with E-state index in [4.69, 9.17) is 10.5 Å². The van der Waals surface area contributed by atoms with Gasteiger partial charge < -0.3 is 20.7 Å². The van der Waals surface area contributed by atoms with E-state index >= 15 is 0 Å². The van der Waals surface area contributed by atoms with E-state index < -0.39 is 0 Å². The van der Waals surface area contributed by atoms with E-state index in [2.05, 4.69) is 62.4 Å². The maximum Gasteiger partial charge on any atom is 0.188 e. The van der Waals surface area contributed by atoms with Crippen molar-refractivity contribution in [3.8, 4) is 0 Å². The molecule has 7 heteroatoms. The highest BCUT2D eigenvalue weighted by Gasteiger charge is 2.25. The summed E-state index contributed by atoms with van der Waals surface area (Å²) in [6, 6.07) is 11.3. The fourth-order valence-electron chi connectivity index (χ4n) is 4.09. The molecule has 0 spiro atoms. The van der Waals surface area contributed by atoms with Crippen molar-refractivity contribution >= 4 is 5.96 Å². The van der Waals surface area contributed by atoms with Crippen LogP contribution in [-0.2, 0) is 4.74 Å². The van der Waals surface area contributed by atoms with Crippen molar-refractivity contribution in [2.24, 2.45) is 10.7 Å². The van der Waals surface area contributed by atoms with Crippen molar-refractivity contribution in [1.29, 1.82) is 0 Å². The Labute approximate surface area is 175 Å². The van der Waals surface area contributed by atoms with Gasteiger partial charge in [-0.1, -0.05) is 30.3 Å². The monoisotopic (exact) mass is 402 g/mol. The topological polar surface area (TPSA) is 69.4 Å². The van der Waals surface area contributed by atoms with Gasteiger partial charge in [0.05, 0.1) is 13.2 Å². The Morgan fingerprint density at radius 3 is 2.69 bits per heavy atom. The Hall–Kier alpha value is -1.67. The number of aliphatic imine (C=N–C) groups is 1. The Morgan fingerprint density at radius 1 is 1.10 bits per heavy atom. The van der Waals surface area contributed by atoms with Crippen molar-refractivity contribution in [3.63, 3.8) is 0 Å². The van der Waals surface area contributed by atoms with Crippen LogP contribution < -0.4 is 11.1 Å². The second-order valence-corrected chi connectivity index (χ2v) is 8.08. The number of nitrogens with one attached hydrogen (secondary N) is 1. The molecule has 0 aliphatic carbocycles. The maximum absolute atomic E-state index is 6.03. The molecule has 2 fully saturated rings. The van der Waals surface area contributed by atoms with Gasteiger partial charge in [0.2, 0.25) is 0 Å². The van der Waals surface area contributed by atoms with Gasteiger partial charge in [0.1, 0.15) is 0 Å². The van der Waals surface area contributed by atoms with Crippen molar-refractivity contribution in [2.75, 3.05) is 79.2 Å². The summed E-state index contributed by atoms with van der Waals surface area (Å²) in [7, 11) is 2.21.